The van der Waals surface area contributed by atoms with Gasteiger partial charge in [0.25, 0.3) is 0 Å². The van der Waals surface area contributed by atoms with Gasteiger partial charge in [0.1, 0.15) is 5.75 Å². The van der Waals surface area contributed by atoms with E-state index in [4.69, 9.17) is 4.74 Å². The lowest BCUT2D eigenvalue weighted by Crippen LogP contribution is -2.37. The van der Waals surface area contributed by atoms with Gasteiger partial charge >= 0.3 is 0 Å². The Labute approximate surface area is 126 Å². The Balaban J connectivity index is 1.57. The third-order valence-electron chi connectivity index (χ3n) is 4.87. The monoisotopic (exact) mass is 291 g/mol. The fourth-order valence-electron chi connectivity index (χ4n) is 3.57. The van der Waals surface area contributed by atoms with Gasteiger partial charge in [0, 0.05) is 23.8 Å². The summed E-state index contributed by atoms with van der Waals surface area (Å²) in [5.41, 5.74) is 1.39. The molecule has 0 spiro atoms. The highest BCUT2D eigenvalue weighted by Gasteiger charge is 2.32. The molecule has 1 aliphatic heterocycles. The molecular weight excluding hydrogens is 266 g/mol. The van der Waals surface area contributed by atoms with E-state index in [2.05, 4.69) is 47.6 Å². The number of rotatable bonds is 5. The van der Waals surface area contributed by atoms with Crippen LogP contribution in [0.25, 0.3) is 0 Å². The lowest BCUT2D eigenvalue weighted by molar-refractivity contribution is 0.264. The molecule has 2 aliphatic rings. The third-order valence-corrected chi connectivity index (χ3v) is 6.29. The van der Waals surface area contributed by atoms with E-state index in [0.717, 1.165) is 31.9 Å². The molecule has 1 aromatic rings. The molecule has 1 heterocycles. The van der Waals surface area contributed by atoms with Crippen molar-refractivity contribution in [2.24, 2.45) is 0 Å². The molecule has 1 fully saturated rings. The molecule has 1 saturated carbocycles. The third kappa shape index (κ3) is 2.99. The highest BCUT2D eigenvalue weighted by Crippen LogP contribution is 2.40. The van der Waals surface area contributed by atoms with E-state index < -0.39 is 0 Å². The smallest absolute Gasteiger partial charge is 0.122 e. The first-order chi connectivity index (χ1) is 9.83. The number of hydrogen-bond donors (Lipinski definition) is 1. The zero-order chi connectivity index (χ0) is 13.8. The lowest BCUT2D eigenvalue weighted by Gasteiger charge is -2.30. The van der Waals surface area contributed by atoms with Gasteiger partial charge in [-0.25, -0.2) is 0 Å². The van der Waals surface area contributed by atoms with Crippen molar-refractivity contribution in [2.75, 3.05) is 26.0 Å². The predicted octanol–water partition coefficient (Wildman–Crippen LogP) is 3.82. The molecule has 1 aromatic carbocycles. The first kappa shape index (κ1) is 14.3. The zero-order valence-corrected chi connectivity index (χ0v) is 13.2. The average molecular weight is 291 g/mol. The Morgan fingerprint density at radius 3 is 2.90 bits per heavy atom. The fourth-order valence-corrected chi connectivity index (χ4v) is 4.52. The van der Waals surface area contributed by atoms with Crippen LogP contribution in [0, 0.1) is 0 Å². The minimum absolute atomic E-state index is 0.505. The van der Waals surface area contributed by atoms with Gasteiger partial charge in [0.2, 0.25) is 0 Å². The molecule has 110 valence electrons. The number of benzene rings is 1. The van der Waals surface area contributed by atoms with E-state index in [1.165, 1.54) is 31.2 Å². The maximum absolute atomic E-state index is 5.74. The fraction of sp³-hybridized carbons (Fsp3) is 0.647. The van der Waals surface area contributed by atoms with Crippen LogP contribution in [0.3, 0.4) is 0 Å². The molecule has 0 bridgehead atoms. The molecule has 2 nitrogen and oxygen atoms in total. The summed E-state index contributed by atoms with van der Waals surface area (Å²) < 4.78 is 6.25. The van der Waals surface area contributed by atoms with Crippen LogP contribution >= 0.6 is 11.8 Å². The normalized spacial score (nSPS) is 24.1. The summed E-state index contributed by atoms with van der Waals surface area (Å²) in [7, 11) is 0. The largest absolute Gasteiger partial charge is 0.493 e. The van der Waals surface area contributed by atoms with E-state index in [-0.39, 0.29) is 0 Å². The van der Waals surface area contributed by atoms with Crippen LogP contribution in [-0.2, 0) is 0 Å². The standard InChI is InChI=1S/C17H25NOS/c1-20-17(9-4-5-10-17)13-18-12-14-8-11-19-16-7-3-2-6-15(14)16/h2-3,6-7,14,18H,4-5,8-13H2,1H3. The highest BCUT2D eigenvalue weighted by atomic mass is 32.2. The quantitative estimate of drug-likeness (QED) is 0.891. The van der Waals surface area contributed by atoms with Gasteiger partial charge in [-0.2, -0.15) is 11.8 Å². The summed E-state index contributed by atoms with van der Waals surface area (Å²) in [5.74, 6) is 1.70. The number of hydrogen-bond acceptors (Lipinski definition) is 3. The van der Waals surface area contributed by atoms with Gasteiger partial charge in [-0.1, -0.05) is 31.0 Å². The summed E-state index contributed by atoms with van der Waals surface area (Å²) in [4.78, 5) is 0. The zero-order valence-electron chi connectivity index (χ0n) is 12.4. The Morgan fingerprint density at radius 1 is 1.30 bits per heavy atom. The van der Waals surface area contributed by atoms with Crippen molar-refractivity contribution in [3.63, 3.8) is 0 Å². The van der Waals surface area contributed by atoms with Crippen LogP contribution in [0.4, 0.5) is 0 Å². The molecule has 3 rings (SSSR count). The minimum atomic E-state index is 0.505. The Kier molecular flexibility index (Phi) is 4.57. The topological polar surface area (TPSA) is 21.3 Å². The summed E-state index contributed by atoms with van der Waals surface area (Å²) in [6.45, 7) is 3.10. The van der Waals surface area contributed by atoms with Gasteiger partial charge in [0.05, 0.1) is 6.61 Å². The van der Waals surface area contributed by atoms with Crippen molar-refractivity contribution < 1.29 is 4.74 Å². The van der Waals surface area contributed by atoms with Crippen LogP contribution in [0.2, 0.25) is 0 Å². The van der Waals surface area contributed by atoms with E-state index >= 15 is 0 Å². The molecule has 1 N–H and O–H groups in total. The maximum Gasteiger partial charge on any atom is 0.122 e. The number of para-hydroxylation sites is 1. The predicted molar refractivity (Wildman–Crippen MR) is 86.9 cm³/mol. The molecule has 0 aromatic heterocycles. The summed E-state index contributed by atoms with van der Waals surface area (Å²) in [6.07, 6.45) is 8.98. The molecular formula is C17H25NOS. The van der Waals surface area contributed by atoms with Crippen LogP contribution in [0.5, 0.6) is 5.75 Å². The van der Waals surface area contributed by atoms with Crippen LogP contribution in [-0.4, -0.2) is 30.7 Å². The van der Waals surface area contributed by atoms with Crippen molar-refractivity contribution in [1.29, 1.82) is 0 Å². The van der Waals surface area contributed by atoms with Gasteiger partial charge in [-0.15, -0.1) is 0 Å². The van der Waals surface area contributed by atoms with E-state index in [1.54, 1.807) is 0 Å². The van der Waals surface area contributed by atoms with Crippen molar-refractivity contribution in [2.45, 2.75) is 42.8 Å². The molecule has 1 aliphatic carbocycles. The molecule has 1 unspecified atom stereocenters. The Morgan fingerprint density at radius 2 is 2.10 bits per heavy atom. The van der Waals surface area contributed by atoms with Crippen molar-refractivity contribution in [3.05, 3.63) is 29.8 Å². The molecule has 3 heteroatoms. The second-order valence-electron chi connectivity index (χ2n) is 6.10. The lowest BCUT2D eigenvalue weighted by atomic mass is 9.93. The van der Waals surface area contributed by atoms with Crippen LogP contribution in [0.15, 0.2) is 24.3 Å². The van der Waals surface area contributed by atoms with Crippen LogP contribution in [0.1, 0.15) is 43.6 Å². The molecule has 1 atom stereocenters. The number of nitrogens with one attached hydrogen (secondary N) is 1. The molecule has 0 saturated heterocycles. The van der Waals surface area contributed by atoms with Gasteiger partial charge in [-0.05, 0) is 37.1 Å². The first-order valence-corrected chi connectivity index (χ1v) is 9.03. The van der Waals surface area contributed by atoms with Gasteiger partial charge in [-0.3, -0.25) is 0 Å². The van der Waals surface area contributed by atoms with Crippen molar-refractivity contribution in [1.82, 2.24) is 5.32 Å². The minimum Gasteiger partial charge on any atom is -0.493 e. The Bertz CT molecular complexity index is 442. The SMILES string of the molecule is CSC1(CNCC2CCOc3ccccc32)CCCC1. The van der Waals surface area contributed by atoms with E-state index in [0.29, 0.717) is 10.7 Å². The number of fused-ring (bicyclic) bond motifs is 1. The van der Waals surface area contributed by atoms with Gasteiger partial charge in [0.15, 0.2) is 0 Å². The average Bonchev–Trinajstić information content (AvgIpc) is 2.97. The summed E-state index contributed by atoms with van der Waals surface area (Å²) in [5, 5.41) is 3.75. The Hall–Kier alpha value is -0.670. The molecule has 0 amide bonds. The van der Waals surface area contributed by atoms with Crippen molar-refractivity contribution in [3.8, 4) is 5.75 Å². The summed E-state index contributed by atoms with van der Waals surface area (Å²) >= 11 is 2.06. The first-order valence-electron chi connectivity index (χ1n) is 7.81. The van der Waals surface area contributed by atoms with E-state index in [9.17, 15) is 0 Å². The van der Waals surface area contributed by atoms with Crippen molar-refractivity contribution >= 4 is 11.8 Å². The maximum atomic E-state index is 5.74. The number of ether oxygens (including phenoxy) is 1. The molecule has 0 radical (unpaired) electrons. The number of thioether (sulfide) groups is 1. The highest BCUT2D eigenvalue weighted by molar-refractivity contribution is 8.00. The molecule has 20 heavy (non-hydrogen) atoms. The van der Waals surface area contributed by atoms with E-state index in [1.807, 2.05) is 0 Å². The summed E-state index contributed by atoms with van der Waals surface area (Å²) in [6, 6.07) is 8.51. The second-order valence-corrected chi connectivity index (χ2v) is 7.37. The second kappa shape index (κ2) is 6.40. The van der Waals surface area contributed by atoms with Crippen LogP contribution < -0.4 is 10.1 Å². The van der Waals surface area contributed by atoms with Gasteiger partial charge < -0.3 is 10.1 Å².